The molecule has 1 heterocycles. The minimum Gasteiger partial charge on any atom is -0.309 e. The Labute approximate surface area is 70.8 Å². The number of hydrogen-bond donors (Lipinski definition) is 1. The highest BCUT2D eigenvalue weighted by Crippen LogP contribution is 1.95. The van der Waals surface area contributed by atoms with E-state index in [0.29, 0.717) is 12.2 Å². The van der Waals surface area contributed by atoms with Gasteiger partial charge in [-0.2, -0.15) is 0 Å². The fourth-order valence-corrected chi connectivity index (χ4v) is 0.673. The van der Waals surface area contributed by atoms with Crippen LogP contribution in [0.1, 0.15) is 5.69 Å². The summed E-state index contributed by atoms with van der Waals surface area (Å²) in [5.41, 5.74) is 0.589. The van der Waals surface area contributed by atoms with Crippen molar-refractivity contribution in [3.05, 3.63) is 29.8 Å². The third-order valence-corrected chi connectivity index (χ3v) is 1.21. The second kappa shape index (κ2) is 4.47. The van der Waals surface area contributed by atoms with Crippen LogP contribution in [0.4, 0.5) is 4.39 Å². The van der Waals surface area contributed by atoms with Gasteiger partial charge in [0.1, 0.15) is 11.5 Å². The number of aromatic nitrogens is 1. The van der Waals surface area contributed by atoms with E-state index >= 15 is 0 Å². The van der Waals surface area contributed by atoms with Crippen molar-refractivity contribution in [3.63, 3.8) is 0 Å². The highest BCUT2D eigenvalue weighted by atomic mass is 19.1. The molecule has 1 aromatic rings. The van der Waals surface area contributed by atoms with Gasteiger partial charge in [-0.1, -0.05) is 5.92 Å². The van der Waals surface area contributed by atoms with E-state index in [-0.39, 0.29) is 5.82 Å². The number of nitrogens with zero attached hydrogens (tertiary/aromatic N) is 1. The van der Waals surface area contributed by atoms with Gasteiger partial charge in [0.25, 0.3) is 0 Å². The molecule has 2 nitrogen and oxygen atoms in total. The van der Waals surface area contributed by atoms with Gasteiger partial charge in [-0.15, -0.1) is 0 Å². The van der Waals surface area contributed by atoms with Crippen LogP contribution in [0.5, 0.6) is 0 Å². The maximum absolute atomic E-state index is 12.4. The minimum atomic E-state index is -0.339. The van der Waals surface area contributed by atoms with E-state index in [1.807, 2.05) is 7.05 Å². The fraction of sp³-hybridized carbons (Fsp3) is 0.222. The standard InChI is InChI=1S/C9H9FN2/c1-11-6-2-3-9-5-4-8(10)7-12-9/h4-5,7,11H,6H2,1H3. The van der Waals surface area contributed by atoms with Crippen LogP contribution in [0.25, 0.3) is 0 Å². The molecule has 12 heavy (non-hydrogen) atoms. The molecular formula is C9H9FN2. The summed E-state index contributed by atoms with van der Waals surface area (Å²) in [5, 5.41) is 2.87. The van der Waals surface area contributed by atoms with Gasteiger partial charge in [-0.25, -0.2) is 9.37 Å². The van der Waals surface area contributed by atoms with Crippen molar-refractivity contribution in [1.29, 1.82) is 0 Å². The Bertz CT molecular complexity index is 295. The predicted octanol–water partition coefficient (Wildman–Crippen LogP) is 0.792. The molecule has 1 rings (SSSR count). The zero-order valence-corrected chi connectivity index (χ0v) is 6.76. The summed E-state index contributed by atoms with van der Waals surface area (Å²) in [6.45, 7) is 0.610. The van der Waals surface area contributed by atoms with Crippen LogP contribution in [0.3, 0.4) is 0 Å². The van der Waals surface area contributed by atoms with Gasteiger partial charge in [0.05, 0.1) is 12.7 Å². The number of halogens is 1. The highest BCUT2D eigenvalue weighted by molar-refractivity contribution is 5.27. The van der Waals surface area contributed by atoms with E-state index in [4.69, 9.17) is 0 Å². The first kappa shape index (κ1) is 8.69. The average Bonchev–Trinajstić information content (AvgIpc) is 2.09. The molecular weight excluding hydrogens is 155 g/mol. The van der Waals surface area contributed by atoms with Crippen LogP contribution in [-0.2, 0) is 0 Å². The van der Waals surface area contributed by atoms with Crippen LogP contribution < -0.4 is 5.32 Å². The van der Waals surface area contributed by atoms with Crippen molar-refractivity contribution >= 4 is 0 Å². The van der Waals surface area contributed by atoms with Gasteiger partial charge in [-0.3, -0.25) is 0 Å². The van der Waals surface area contributed by atoms with Crippen molar-refractivity contribution in [2.45, 2.75) is 0 Å². The lowest BCUT2D eigenvalue weighted by Gasteiger charge is -1.88. The maximum Gasteiger partial charge on any atom is 0.141 e. The Kier molecular flexibility index (Phi) is 3.24. The third kappa shape index (κ3) is 2.69. The van der Waals surface area contributed by atoms with E-state index in [9.17, 15) is 4.39 Å². The molecule has 0 saturated heterocycles. The van der Waals surface area contributed by atoms with Gasteiger partial charge in [0, 0.05) is 0 Å². The Hall–Kier alpha value is -1.40. The second-order valence-corrected chi connectivity index (χ2v) is 2.19. The third-order valence-electron chi connectivity index (χ3n) is 1.21. The van der Waals surface area contributed by atoms with Crippen molar-refractivity contribution in [2.24, 2.45) is 0 Å². The molecule has 0 saturated carbocycles. The first-order valence-corrected chi connectivity index (χ1v) is 3.58. The molecule has 1 aromatic heterocycles. The van der Waals surface area contributed by atoms with E-state index in [1.54, 1.807) is 6.07 Å². The molecule has 0 amide bonds. The molecule has 3 heteroatoms. The lowest BCUT2D eigenvalue weighted by atomic mass is 10.3. The quantitative estimate of drug-likeness (QED) is 0.621. The normalized spacial score (nSPS) is 8.83. The highest BCUT2D eigenvalue weighted by Gasteiger charge is 1.88. The zero-order chi connectivity index (χ0) is 8.81. The molecule has 0 unspecified atom stereocenters. The number of hydrogen-bond acceptors (Lipinski definition) is 2. The summed E-state index contributed by atoms with van der Waals surface area (Å²) in [6.07, 6.45) is 1.16. The fourth-order valence-electron chi connectivity index (χ4n) is 0.673. The van der Waals surface area contributed by atoms with Crippen LogP contribution >= 0.6 is 0 Å². The largest absolute Gasteiger partial charge is 0.309 e. The summed E-state index contributed by atoms with van der Waals surface area (Å²) in [7, 11) is 1.81. The molecule has 0 aromatic carbocycles. The van der Waals surface area contributed by atoms with Gasteiger partial charge in [0.2, 0.25) is 0 Å². The lowest BCUT2D eigenvalue weighted by molar-refractivity contribution is 0.621. The van der Waals surface area contributed by atoms with Gasteiger partial charge in [-0.05, 0) is 25.1 Å². The molecule has 0 spiro atoms. The van der Waals surface area contributed by atoms with Crippen molar-refractivity contribution < 1.29 is 4.39 Å². The molecule has 0 aliphatic heterocycles. The van der Waals surface area contributed by atoms with E-state index < -0.39 is 0 Å². The van der Waals surface area contributed by atoms with Crippen LogP contribution in [-0.4, -0.2) is 18.6 Å². The summed E-state index contributed by atoms with van der Waals surface area (Å²) in [6, 6.07) is 2.90. The van der Waals surface area contributed by atoms with Crippen molar-refractivity contribution in [1.82, 2.24) is 10.3 Å². The summed E-state index contributed by atoms with van der Waals surface area (Å²) in [4.78, 5) is 3.77. The SMILES string of the molecule is CNCC#Cc1ccc(F)cn1. The number of nitrogens with one attached hydrogen (secondary N) is 1. The van der Waals surface area contributed by atoms with Gasteiger partial charge >= 0.3 is 0 Å². The first-order valence-electron chi connectivity index (χ1n) is 3.58. The molecule has 0 bridgehead atoms. The van der Waals surface area contributed by atoms with Crippen LogP contribution in [0.2, 0.25) is 0 Å². The average molecular weight is 164 g/mol. The predicted molar refractivity (Wildman–Crippen MR) is 45.0 cm³/mol. The first-order chi connectivity index (χ1) is 5.83. The van der Waals surface area contributed by atoms with Crippen molar-refractivity contribution in [3.8, 4) is 11.8 Å². The second-order valence-electron chi connectivity index (χ2n) is 2.19. The molecule has 0 aliphatic carbocycles. The van der Waals surface area contributed by atoms with Crippen molar-refractivity contribution in [2.75, 3.05) is 13.6 Å². The Morgan fingerprint density at radius 2 is 2.42 bits per heavy atom. The smallest absolute Gasteiger partial charge is 0.141 e. The molecule has 1 N–H and O–H groups in total. The summed E-state index contributed by atoms with van der Waals surface area (Å²) in [5.74, 6) is 5.27. The number of pyridine rings is 1. The molecule has 0 fully saturated rings. The Morgan fingerprint density at radius 1 is 1.58 bits per heavy atom. The minimum absolute atomic E-state index is 0.339. The lowest BCUT2D eigenvalue weighted by Crippen LogP contribution is -2.04. The zero-order valence-electron chi connectivity index (χ0n) is 6.76. The Morgan fingerprint density at radius 3 is 3.00 bits per heavy atom. The summed E-state index contributed by atoms with van der Waals surface area (Å²) < 4.78 is 12.4. The summed E-state index contributed by atoms with van der Waals surface area (Å²) >= 11 is 0. The molecule has 62 valence electrons. The maximum atomic E-state index is 12.4. The van der Waals surface area contributed by atoms with Crippen LogP contribution in [0.15, 0.2) is 18.3 Å². The molecule has 0 atom stereocenters. The van der Waals surface area contributed by atoms with Crippen LogP contribution in [0, 0.1) is 17.7 Å². The van der Waals surface area contributed by atoms with E-state index in [2.05, 4.69) is 22.1 Å². The monoisotopic (exact) mass is 164 g/mol. The van der Waals surface area contributed by atoms with E-state index in [0.717, 1.165) is 6.20 Å². The molecule has 0 radical (unpaired) electrons. The van der Waals surface area contributed by atoms with Gasteiger partial charge < -0.3 is 5.32 Å². The van der Waals surface area contributed by atoms with Gasteiger partial charge in [0.15, 0.2) is 0 Å². The number of rotatable bonds is 1. The Balaban J connectivity index is 2.66. The topological polar surface area (TPSA) is 24.9 Å². The molecule has 0 aliphatic rings. The van der Waals surface area contributed by atoms with E-state index in [1.165, 1.54) is 6.07 Å².